The van der Waals surface area contributed by atoms with Crippen molar-refractivity contribution >= 4 is 11.8 Å². The molecule has 0 aromatic rings. The molecule has 0 saturated heterocycles. The predicted molar refractivity (Wildman–Crippen MR) is 62.8 cm³/mol. The number of hydrogen-bond donors (Lipinski definition) is 2. The van der Waals surface area contributed by atoms with Crippen molar-refractivity contribution in [2.24, 2.45) is 5.92 Å². The van der Waals surface area contributed by atoms with Crippen molar-refractivity contribution in [2.75, 3.05) is 6.54 Å². The monoisotopic (exact) mass is 237 g/mol. The number of carbonyl (C=O) groups is 2. The van der Waals surface area contributed by atoms with E-state index in [1.165, 1.54) is 0 Å². The van der Waals surface area contributed by atoms with Gasteiger partial charge < -0.3 is 10.6 Å². The van der Waals surface area contributed by atoms with Crippen LogP contribution in [-0.4, -0.2) is 24.4 Å². The molecule has 94 valence electrons. The van der Waals surface area contributed by atoms with E-state index in [4.69, 9.17) is 5.26 Å². The van der Waals surface area contributed by atoms with Crippen LogP contribution < -0.4 is 10.6 Å². The molecule has 1 aliphatic carbocycles. The van der Waals surface area contributed by atoms with E-state index in [-0.39, 0.29) is 11.8 Å². The van der Waals surface area contributed by atoms with E-state index in [1.54, 1.807) is 6.92 Å². The van der Waals surface area contributed by atoms with Crippen LogP contribution in [0.25, 0.3) is 0 Å². The maximum atomic E-state index is 11.4. The van der Waals surface area contributed by atoms with Gasteiger partial charge in [-0.1, -0.05) is 6.92 Å². The van der Waals surface area contributed by atoms with E-state index >= 15 is 0 Å². The Morgan fingerprint density at radius 3 is 2.71 bits per heavy atom. The highest BCUT2D eigenvalue weighted by Gasteiger charge is 2.22. The van der Waals surface area contributed by atoms with E-state index in [0.717, 1.165) is 12.8 Å². The third kappa shape index (κ3) is 5.34. The number of hydrogen-bond acceptors (Lipinski definition) is 3. The Hall–Kier alpha value is -1.57. The van der Waals surface area contributed by atoms with Crippen LogP contribution in [0.3, 0.4) is 0 Å². The van der Waals surface area contributed by atoms with Crippen LogP contribution in [0.1, 0.15) is 39.0 Å². The lowest BCUT2D eigenvalue weighted by Gasteiger charge is -2.08. The number of amides is 2. The van der Waals surface area contributed by atoms with Crippen molar-refractivity contribution in [3.8, 4) is 6.07 Å². The normalized spacial score (nSPS) is 15.8. The Morgan fingerprint density at radius 2 is 2.18 bits per heavy atom. The molecule has 0 radical (unpaired) electrons. The molecular weight excluding hydrogens is 218 g/mol. The average molecular weight is 237 g/mol. The van der Waals surface area contributed by atoms with Gasteiger partial charge in [-0.25, -0.2) is 0 Å². The van der Waals surface area contributed by atoms with Crippen LogP contribution >= 0.6 is 0 Å². The molecule has 1 aliphatic rings. The van der Waals surface area contributed by atoms with Crippen molar-refractivity contribution in [1.29, 1.82) is 5.26 Å². The third-order valence-corrected chi connectivity index (χ3v) is 2.70. The smallest absolute Gasteiger partial charge is 0.237 e. The fourth-order valence-electron chi connectivity index (χ4n) is 1.45. The minimum atomic E-state index is -0.574. The molecule has 1 rings (SSSR count). The molecule has 0 heterocycles. The van der Waals surface area contributed by atoms with Gasteiger partial charge in [0.1, 0.15) is 5.92 Å². The Balaban J connectivity index is 2.04. The second kappa shape index (κ2) is 6.89. The lowest BCUT2D eigenvalue weighted by Crippen LogP contribution is -2.31. The van der Waals surface area contributed by atoms with Gasteiger partial charge in [0, 0.05) is 19.0 Å². The average Bonchev–Trinajstić information content (AvgIpc) is 3.10. The summed E-state index contributed by atoms with van der Waals surface area (Å²) in [5.41, 5.74) is 0. The fraction of sp³-hybridized carbons (Fsp3) is 0.750. The van der Waals surface area contributed by atoms with Crippen molar-refractivity contribution in [3.63, 3.8) is 0 Å². The summed E-state index contributed by atoms with van der Waals surface area (Å²) < 4.78 is 0. The molecule has 2 N–H and O–H groups in total. The van der Waals surface area contributed by atoms with Gasteiger partial charge in [0.05, 0.1) is 6.07 Å². The van der Waals surface area contributed by atoms with Crippen LogP contribution in [0, 0.1) is 17.2 Å². The summed E-state index contributed by atoms with van der Waals surface area (Å²) in [6.45, 7) is 2.26. The van der Waals surface area contributed by atoms with E-state index < -0.39 is 5.92 Å². The predicted octanol–water partition coefficient (Wildman–Crippen LogP) is 0.711. The van der Waals surface area contributed by atoms with E-state index in [9.17, 15) is 9.59 Å². The molecule has 0 aliphatic heterocycles. The lowest BCUT2D eigenvalue weighted by atomic mass is 10.1. The molecule has 0 aromatic heterocycles. The molecule has 0 spiro atoms. The summed E-state index contributed by atoms with van der Waals surface area (Å²) in [5, 5.41) is 14.2. The standard InChI is InChI=1S/C12H19N3O2/c1-2-9(8-13)12(17)14-7-3-4-11(16)15-10-5-6-10/h9-10H,2-7H2,1H3,(H,14,17)(H,15,16). The first kappa shape index (κ1) is 13.5. The fourth-order valence-corrected chi connectivity index (χ4v) is 1.45. The molecule has 5 nitrogen and oxygen atoms in total. The van der Waals surface area contributed by atoms with Gasteiger partial charge in [0.2, 0.25) is 11.8 Å². The minimum absolute atomic E-state index is 0.0501. The highest BCUT2D eigenvalue weighted by molar-refractivity contribution is 5.81. The maximum absolute atomic E-state index is 11.4. The Kier molecular flexibility index (Phi) is 5.47. The van der Waals surface area contributed by atoms with Crippen LogP contribution in [0.5, 0.6) is 0 Å². The Morgan fingerprint density at radius 1 is 1.47 bits per heavy atom. The molecule has 2 amide bonds. The van der Waals surface area contributed by atoms with E-state index in [2.05, 4.69) is 10.6 Å². The van der Waals surface area contributed by atoms with Gasteiger partial charge in [0.15, 0.2) is 0 Å². The zero-order valence-corrected chi connectivity index (χ0v) is 10.2. The molecule has 0 aromatic carbocycles. The van der Waals surface area contributed by atoms with Crippen LogP contribution in [-0.2, 0) is 9.59 Å². The van der Waals surface area contributed by atoms with Gasteiger partial charge in [0.25, 0.3) is 0 Å². The van der Waals surface area contributed by atoms with Gasteiger partial charge >= 0.3 is 0 Å². The summed E-state index contributed by atoms with van der Waals surface area (Å²) in [7, 11) is 0. The van der Waals surface area contributed by atoms with Crippen LogP contribution in [0.2, 0.25) is 0 Å². The summed E-state index contributed by atoms with van der Waals surface area (Å²) in [6.07, 6.45) is 3.74. The van der Waals surface area contributed by atoms with E-state index in [0.29, 0.717) is 31.8 Å². The summed E-state index contributed by atoms with van der Waals surface area (Å²) in [4.78, 5) is 22.7. The minimum Gasteiger partial charge on any atom is -0.355 e. The largest absolute Gasteiger partial charge is 0.355 e. The third-order valence-electron chi connectivity index (χ3n) is 2.70. The number of nitrogens with zero attached hydrogens (tertiary/aromatic N) is 1. The summed E-state index contributed by atoms with van der Waals surface area (Å²) in [5.74, 6) is -0.762. The number of carbonyl (C=O) groups excluding carboxylic acids is 2. The number of rotatable bonds is 7. The first-order valence-electron chi connectivity index (χ1n) is 6.14. The van der Waals surface area contributed by atoms with Crippen LogP contribution in [0.4, 0.5) is 0 Å². The quantitative estimate of drug-likeness (QED) is 0.640. The van der Waals surface area contributed by atoms with Gasteiger partial charge in [-0.15, -0.1) is 0 Å². The number of nitriles is 1. The van der Waals surface area contributed by atoms with Gasteiger partial charge in [-0.3, -0.25) is 9.59 Å². The molecular formula is C12H19N3O2. The second-order valence-corrected chi connectivity index (χ2v) is 4.33. The first-order valence-corrected chi connectivity index (χ1v) is 6.14. The molecule has 1 fully saturated rings. The summed E-state index contributed by atoms with van der Waals surface area (Å²) in [6, 6.07) is 2.33. The zero-order valence-electron chi connectivity index (χ0n) is 10.2. The Bertz CT molecular complexity index is 318. The molecule has 17 heavy (non-hydrogen) atoms. The van der Waals surface area contributed by atoms with E-state index in [1.807, 2.05) is 6.07 Å². The van der Waals surface area contributed by atoms with Gasteiger partial charge in [-0.05, 0) is 25.7 Å². The van der Waals surface area contributed by atoms with Gasteiger partial charge in [-0.2, -0.15) is 5.26 Å². The molecule has 1 unspecified atom stereocenters. The SMILES string of the molecule is CCC(C#N)C(=O)NCCCC(=O)NC1CC1. The molecule has 1 atom stereocenters. The number of nitrogens with one attached hydrogen (secondary N) is 2. The first-order chi connectivity index (χ1) is 8.17. The maximum Gasteiger partial charge on any atom is 0.237 e. The molecule has 5 heteroatoms. The zero-order chi connectivity index (χ0) is 12.7. The summed E-state index contributed by atoms with van der Waals surface area (Å²) >= 11 is 0. The molecule has 1 saturated carbocycles. The Labute approximate surface area is 102 Å². The van der Waals surface area contributed by atoms with Crippen molar-refractivity contribution in [3.05, 3.63) is 0 Å². The van der Waals surface area contributed by atoms with Crippen LogP contribution in [0.15, 0.2) is 0 Å². The van der Waals surface area contributed by atoms with Crippen molar-refractivity contribution in [1.82, 2.24) is 10.6 Å². The molecule has 0 bridgehead atoms. The van der Waals surface area contributed by atoms with Crippen molar-refractivity contribution in [2.45, 2.75) is 45.1 Å². The lowest BCUT2D eigenvalue weighted by molar-refractivity contribution is -0.124. The second-order valence-electron chi connectivity index (χ2n) is 4.33. The van der Waals surface area contributed by atoms with Crippen molar-refractivity contribution < 1.29 is 9.59 Å². The highest BCUT2D eigenvalue weighted by Crippen LogP contribution is 2.18. The highest BCUT2D eigenvalue weighted by atomic mass is 16.2. The topological polar surface area (TPSA) is 82.0 Å².